The summed E-state index contributed by atoms with van der Waals surface area (Å²) in [6.07, 6.45) is 3.97. The third kappa shape index (κ3) is 3.93. The van der Waals surface area contributed by atoms with Gasteiger partial charge in [-0.25, -0.2) is 0 Å². The molecular weight excluding hydrogens is 232 g/mol. The quantitative estimate of drug-likeness (QED) is 0.766. The molecule has 0 aromatic heterocycles. The maximum absolute atomic E-state index is 11.9. The van der Waals surface area contributed by atoms with E-state index in [1.807, 2.05) is 0 Å². The second-order valence-corrected chi connectivity index (χ2v) is 5.05. The van der Waals surface area contributed by atoms with Crippen LogP contribution in [0.3, 0.4) is 0 Å². The van der Waals surface area contributed by atoms with Gasteiger partial charge in [-0.1, -0.05) is 6.92 Å². The Morgan fingerprint density at radius 2 is 1.89 bits per heavy atom. The van der Waals surface area contributed by atoms with Gasteiger partial charge in [0.1, 0.15) is 0 Å². The van der Waals surface area contributed by atoms with E-state index in [0.717, 1.165) is 32.2 Å². The van der Waals surface area contributed by atoms with Crippen molar-refractivity contribution in [2.45, 2.75) is 50.8 Å². The number of hydrogen-bond donors (Lipinski definition) is 2. The first-order chi connectivity index (χ1) is 8.79. The molecule has 1 aliphatic heterocycles. The van der Waals surface area contributed by atoms with E-state index in [9.17, 15) is 4.79 Å². The van der Waals surface area contributed by atoms with Crippen molar-refractivity contribution in [2.24, 2.45) is 0 Å². The van der Waals surface area contributed by atoms with Crippen LogP contribution >= 0.6 is 0 Å². The second kappa shape index (κ2) is 7.07. The molecule has 1 atom stereocenters. The summed E-state index contributed by atoms with van der Waals surface area (Å²) in [5.41, 5.74) is 0. The lowest BCUT2D eigenvalue weighted by Gasteiger charge is -2.31. The average molecular weight is 256 g/mol. The summed E-state index contributed by atoms with van der Waals surface area (Å²) in [6.45, 7) is 4.66. The van der Waals surface area contributed by atoms with E-state index in [2.05, 4.69) is 17.6 Å². The monoisotopic (exact) mass is 256 g/mol. The van der Waals surface area contributed by atoms with E-state index in [0.29, 0.717) is 31.9 Å². The van der Waals surface area contributed by atoms with Crippen LogP contribution in [-0.2, 0) is 14.3 Å². The summed E-state index contributed by atoms with van der Waals surface area (Å²) < 4.78 is 10.6. The average Bonchev–Trinajstić information content (AvgIpc) is 2.42. The Labute approximate surface area is 109 Å². The van der Waals surface area contributed by atoms with Crippen molar-refractivity contribution >= 4 is 5.91 Å². The van der Waals surface area contributed by atoms with Gasteiger partial charge in [-0.3, -0.25) is 4.79 Å². The second-order valence-electron chi connectivity index (χ2n) is 5.05. The summed E-state index contributed by atoms with van der Waals surface area (Å²) in [5.74, 6) is -0.0124. The highest BCUT2D eigenvalue weighted by Crippen LogP contribution is 2.18. The van der Waals surface area contributed by atoms with Gasteiger partial charge in [-0.2, -0.15) is 0 Å². The van der Waals surface area contributed by atoms with Gasteiger partial charge < -0.3 is 20.1 Å². The Kier molecular flexibility index (Phi) is 5.41. The number of rotatable bonds is 4. The van der Waals surface area contributed by atoms with Gasteiger partial charge in [0.25, 0.3) is 5.91 Å². The highest BCUT2D eigenvalue weighted by molar-refractivity contribution is 5.81. The predicted octanol–water partition coefficient (Wildman–Crippen LogP) is 0.439. The molecule has 0 aromatic carbocycles. The molecule has 2 N–H and O–H groups in total. The molecule has 1 saturated carbocycles. The number of nitrogens with one attached hydrogen (secondary N) is 2. The van der Waals surface area contributed by atoms with Crippen LogP contribution in [0.2, 0.25) is 0 Å². The minimum absolute atomic E-state index is 0.0124. The summed E-state index contributed by atoms with van der Waals surface area (Å²) in [7, 11) is 0. The molecule has 0 spiro atoms. The molecule has 5 heteroatoms. The first kappa shape index (κ1) is 13.8. The van der Waals surface area contributed by atoms with E-state index in [-0.39, 0.29) is 5.91 Å². The van der Waals surface area contributed by atoms with Crippen LogP contribution in [0.25, 0.3) is 0 Å². The zero-order chi connectivity index (χ0) is 12.8. The number of amides is 1. The minimum Gasteiger partial charge on any atom is -0.376 e. The molecule has 18 heavy (non-hydrogen) atoms. The number of carbonyl (C=O) groups is 1. The summed E-state index contributed by atoms with van der Waals surface area (Å²) in [6, 6.07) is 0.926. The molecule has 0 bridgehead atoms. The van der Waals surface area contributed by atoms with E-state index in [4.69, 9.17) is 9.47 Å². The maximum atomic E-state index is 11.9. The zero-order valence-corrected chi connectivity index (χ0v) is 11.1. The minimum atomic E-state index is -0.412. The van der Waals surface area contributed by atoms with E-state index >= 15 is 0 Å². The fourth-order valence-corrected chi connectivity index (χ4v) is 2.66. The van der Waals surface area contributed by atoms with Crippen molar-refractivity contribution < 1.29 is 14.3 Å². The van der Waals surface area contributed by atoms with Gasteiger partial charge >= 0.3 is 0 Å². The number of carbonyl (C=O) groups excluding carboxylic acids is 1. The zero-order valence-electron chi connectivity index (χ0n) is 11.1. The Balaban J connectivity index is 1.68. The first-order valence-corrected chi connectivity index (χ1v) is 7.02. The Hall–Kier alpha value is -0.650. The predicted molar refractivity (Wildman–Crippen MR) is 68.4 cm³/mol. The fourth-order valence-electron chi connectivity index (χ4n) is 2.66. The molecular formula is C13H24N2O3. The van der Waals surface area contributed by atoms with Crippen LogP contribution in [0, 0.1) is 0 Å². The van der Waals surface area contributed by atoms with Crippen LogP contribution in [0.1, 0.15) is 32.6 Å². The molecule has 104 valence electrons. The molecule has 0 aromatic rings. The van der Waals surface area contributed by atoms with Crippen molar-refractivity contribution in [1.29, 1.82) is 0 Å². The number of ether oxygens (including phenoxy) is 2. The lowest BCUT2D eigenvalue weighted by molar-refractivity contribution is -0.148. The summed E-state index contributed by atoms with van der Waals surface area (Å²) in [5, 5.41) is 6.54. The maximum Gasteiger partial charge on any atom is 0.251 e. The van der Waals surface area contributed by atoms with Gasteiger partial charge in [0.15, 0.2) is 6.10 Å². The highest BCUT2D eigenvalue weighted by Gasteiger charge is 2.27. The standard InChI is InChI=1S/C13H24N2O3/c1-2-14-10-3-5-11(6-4-10)15-13(16)12-9-17-7-8-18-12/h10-12,14H,2-9H2,1H3,(H,15,16). The molecule has 0 radical (unpaired) electrons. The van der Waals surface area contributed by atoms with E-state index in [1.165, 1.54) is 0 Å². The first-order valence-electron chi connectivity index (χ1n) is 7.02. The van der Waals surface area contributed by atoms with Crippen molar-refractivity contribution in [2.75, 3.05) is 26.4 Å². The fraction of sp³-hybridized carbons (Fsp3) is 0.923. The summed E-state index contributed by atoms with van der Waals surface area (Å²) in [4.78, 5) is 11.9. The van der Waals surface area contributed by atoms with Crippen molar-refractivity contribution in [1.82, 2.24) is 10.6 Å². The van der Waals surface area contributed by atoms with Crippen LogP contribution in [-0.4, -0.2) is 50.5 Å². The van der Waals surface area contributed by atoms with Crippen LogP contribution in [0.15, 0.2) is 0 Å². The Bertz CT molecular complexity index is 259. The van der Waals surface area contributed by atoms with Gasteiger partial charge in [-0.05, 0) is 32.2 Å². The molecule has 2 rings (SSSR count). The van der Waals surface area contributed by atoms with Gasteiger partial charge in [0.05, 0.1) is 19.8 Å². The van der Waals surface area contributed by atoms with E-state index < -0.39 is 6.10 Å². The molecule has 2 fully saturated rings. The normalized spacial score (nSPS) is 33.1. The van der Waals surface area contributed by atoms with Gasteiger partial charge in [0, 0.05) is 12.1 Å². The molecule has 1 amide bonds. The third-order valence-corrected chi connectivity index (χ3v) is 3.67. The molecule has 2 aliphatic rings. The Morgan fingerprint density at radius 1 is 1.17 bits per heavy atom. The highest BCUT2D eigenvalue weighted by atomic mass is 16.6. The molecule has 1 aliphatic carbocycles. The lowest BCUT2D eigenvalue weighted by atomic mass is 9.91. The van der Waals surface area contributed by atoms with Crippen molar-refractivity contribution in [3.63, 3.8) is 0 Å². The van der Waals surface area contributed by atoms with Crippen LogP contribution in [0.5, 0.6) is 0 Å². The van der Waals surface area contributed by atoms with Crippen molar-refractivity contribution in [3.8, 4) is 0 Å². The smallest absolute Gasteiger partial charge is 0.251 e. The molecule has 5 nitrogen and oxygen atoms in total. The SMILES string of the molecule is CCNC1CCC(NC(=O)C2COCCO2)CC1. The topological polar surface area (TPSA) is 59.6 Å². The summed E-state index contributed by atoms with van der Waals surface area (Å²) >= 11 is 0. The third-order valence-electron chi connectivity index (χ3n) is 3.67. The van der Waals surface area contributed by atoms with Gasteiger partial charge in [0.2, 0.25) is 0 Å². The molecule has 1 unspecified atom stereocenters. The lowest BCUT2D eigenvalue weighted by Crippen LogP contribution is -2.48. The van der Waals surface area contributed by atoms with Crippen LogP contribution in [0.4, 0.5) is 0 Å². The molecule has 1 heterocycles. The van der Waals surface area contributed by atoms with E-state index in [1.54, 1.807) is 0 Å². The van der Waals surface area contributed by atoms with Gasteiger partial charge in [-0.15, -0.1) is 0 Å². The molecule has 1 saturated heterocycles. The Morgan fingerprint density at radius 3 is 2.50 bits per heavy atom. The van der Waals surface area contributed by atoms with Crippen molar-refractivity contribution in [3.05, 3.63) is 0 Å². The number of hydrogen-bond acceptors (Lipinski definition) is 4. The van der Waals surface area contributed by atoms with Crippen LogP contribution < -0.4 is 10.6 Å². The largest absolute Gasteiger partial charge is 0.376 e.